The predicted octanol–water partition coefficient (Wildman–Crippen LogP) is 4.62. The summed E-state index contributed by atoms with van der Waals surface area (Å²) in [6, 6.07) is 0. The summed E-state index contributed by atoms with van der Waals surface area (Å²) < 4.78 is 0. The van der Waals surface area contributed by atoms with Crippen LogP contribution in [0.5, 0.6) is 0 Å². The molecule has 1 nitrogen and oxygen atoms in total. The Balaban J connectivity index is 2.46. The van der Waals surface area contributed by atoms with Gasteiger partial charge in [0.2, 0.25) is 0 Å². The summed E-state index contributed by atoms with van der Waals surface area (Å²) in [5.74, 6) is 1.67. The first-order valence-corrected chi connectivity index (χ1v) is 7.79. The molecule has 1 heteroatoms. The van der Waals surface area contributed by atoms with Gasteiger partial charge in [-0.1, -0.05) is 53.4 Å². The van der Waals surface area contributed by atoms with Gasteiger partial charge in [0.15, 0.2) is 0 Å². The molecule has 0 heterocycles. The molecule has 1 N–H and O–H groups in total. The minimum Gasteiger partial charge on any atom is -0.316 e. The fourth-order valence-electron chi connectivity index (χ4n) is 3.26. The van der Waals surface area contributed by atoms with Crippen LogP contribution in [0.4, 0.5) is 0 Å². The fourth-order valence-corrected chi connectivity index (χ4v) is 3.26. The summed E-state index contributed by atoms with van der Waals surface area (Å²) in [5, 5.41) is 3.72. The Morgan fingerprint density at radius 1 is 1.06 bits per heavy atom. The van der Waals surface area contributed by atoms with Crippen LogP contribution in [0, 0.1) is 17.3 Å². The minimum atomic E-state index is 0.628. The van der Waals surface area contributed by atoms with Gasteiger partial charge < -0.3 is 5.32 Å². The lowest BCUT2D eigenvalue weighted by Gasteiger charge is -2.39. The Morgan fingerprint density at radius 2 is 1.71 bits per heavy atom. The average Bonchev–Trinajstić information content (AvgIpc) is 2.29. The number of hydrogen-bond acceptors (Lipinski definition) is 1. The second-order valence-corrected chi connectivity index (χ2v) is 6.80. The van der Waals surface area contributed by atoms with E-state index in [-0.39, 0.29) is 0 Å². The summed E-state index contributed by atoms with van der Waals surface area (Å²) in [7, 11) is 0. The summed E-state index contributed by atoms with van der Waals surface area (Å²) in [6.07, 6.45) is 10.1. The summed E-state index contributed by atoms with van der Waals surface area (Å²) in [5.41, 5.74) is 0.628. The zero-order chi connectivity index (χ0) is 12.7. The summed E-state index contributed by atoms with van der Waals surface area (Å²) in [6.45, 7) is 11.8. The third-order valence-corrected chi connectivity index (χ3v) is 4.45. The van der Waals surface area contributed by atoms with Gasteiger partial charge in [0.25, 0.3) is 0 Å². The van der Waals surface area contributed by atoms with Crippen molar-refractivity contribution in [2.45, 2.75) is 72.6 Å². The molecule has 0 spiro atoms. The third-order valence-electron chi connectivity index (χ3n) is 4.45. The maximum atomic E-state index is 3.72. The molecule has 0 aliphatic heterocycles. The molecule has 1 unspecified atom stereocenters. The van der Waals surface area contributed by atoms with Gasteiger partial charge in [0, 0.05) is 6.54 Å². The van der Waals surface area contributed by atoms with Crippen molar-refractivity contribution in [1.82, 2.24) is 5.32 Å². The van der Waals surface area contributed by atoms with Crippen LogP contribution >= 0.6 is 0 Å². The molecule has 1 fully saturated rings. The van der Waals surface area contributed by atoms with Gasteiger partial charge in [-0.25, -0.2) is 0 Å². The van der Waals surface area contributed by atoms with Crippen molar-refractivity contribution in [3.05, 3.63) is 0 Å². The van der Waals surface area contributed by atoms with Crippen LogP contribution in [0.2, 0.25) is 0 Å². The lowest BCUT2D eigenvalue weighted by atomic mass is 9.69. The van der Waals surface area contributed by atoms with E-state index in [1.54, 1.807) is 0 Å². The summed E-state index contributed by atoms with van der Waals surface area (Å²) >= 11 is 0. The maximum absolute atomic E-state index is 3.72. The molecular formula is C16H33N. The van der Waals surface area contributed by atoms with Crippen LogP contribution in [0.15, 0.2) is 0 Å². The van der Waals surface area contributed by atoms with Crippen LogP contribution in [-0.4, -0.2) is 13.1 Å². The average molecular weight is 239 g/mol. The van der Waals surface area contributed by atoms with Crippen LogP contribution < -0.4 is 5.32 Å². The van der Waals surface area contributed by atoms with Gasteiger partial charge in [-0.05, 0) is 43.1 Å². The van der Waals surface area contributed by atoms with Crippen LogP contribution in [0.1, 0.15) is 72.6 Å². The van der Waals surface area contributed by atoms with Gasteiger partial charge in [-0.2, -0.15) is 0 Å². The lowest BCUT2D eigenvalue weighted by Crippen LogP contribution is -2.38. The van der Waals surface area contributed by atoms with Gasteiger partial charge in [0.1, 0.15) is 0 Å². The van der Waals surface area contributed by atoms with Crippen LogP contribution in [0.3, 0.4) is 0 Å². The fraction of sp³-hybridized carbons (Fsp3) is 1.00. The van der Waals surface area contributed by atoms with Crippen molar-refractivity contribution < 1.29 is 0 Å². The topological polar surface area (TPSA) is 12.0 Å². The van der Waals surface area contributed by atoms with E-state index < -0.39 is 0 Å². The molecule has 1 aliphatic rings. The zero-order valence-electron chi connectivity index (χ0n) is 12.5. The number of hydrogen-bond donors (Lipinski definition) is 1. The van der Waals surface area contributed by atoms with Crippen molar-refractivity contribution in [3.63, 3.8) is 0 Å². The van der Waals surface area contributed by atoms with E-state index in [1.165, 1.54) is 58.0 Å². The zero-order valence-corrected chi connectivity index (χ0v) is 12.5. The first-order chi connectivity index (χ1) is 8.08. The second-order valence-electron chi connectivity index (χ2n) is 6.80. The van der Waals surface area contributed by atoms with Crippen molar-refractivity contribution >= 4 is 0 Å². The molecule has 0 aromatic heterocycles. The lowest BCUT2D eigenvalue weighted by molar-refractivity contribution is 0.139. The van der Waals surface area contributed by atoms with Crippen molar-refractivity contribution in [3.8, 4) is 0 Å². The molecule has 0 aromatic rings. The third kappa shape index (κ3) is 5.42. The van der Waals surface area contributed by atoms with E-state index in [4.69, 9.17) is 0 Å². The molecule has 0 amide bonds. The largest absolute Gasteiger partial charge is 0.316 e. The summed E-state index contributed by atoms with van der Waals surface area (Å²) in [4.78, 5) is 0. The standard InChI is InChI=1S/C16H33N/c1-5-15(4)11-16(9-7-6-8-10-16)13-17-12-14(2)3/h14-15,17H,5-13H2,1-4H3. The molecule has 1 saturated carbocycles. The Bertz CT molecular complexity index is 192. The SMILES string of the molecule is CCC(C)CC1(CNCC(C)C)CCCCC1. The van der Waals surface area contributed by atoms with E-state index in [2.05, 4.69) is 33.0 Å². The van der Waals surface area contributed by atoms with E-state index in [9.17, 15) is 0 Å². The molecule has 0 radical (unpaired) electrons. The Labute approximate surface area is 109 Å². The van der Waals surface area contributed by atoms with Crippen molar-refractivity contribution in [2.24, 2.45) is 17.3 Å². The molecule has 0 bridgehead atoms. The highest BCUT2D eigenvalue weighted by atomic mass is 14.9. The molecule has 1 rings (SSSR count). The molecule has 102 valence electrons. The van der Waals surface area contributed by atoms with Crippen molar-refractivity contribution in [1.29, 1.82) is 0 Å². The highest BCUT2D eigenvalue weighted by molar-refractivity contribution is 4.86. The minimum absolute atomic E-state index is 0.628. The van der Waals surface area contributed by atoms with Gasteiger partial charge in [-0.3, -0.25) is 0 Å². The van der Waals surface area contributed by atoms with E-state index in [0.717, 1.165) is 11.8 Å². The van der Waals surface area contributed by atoms with Crippen LogP contribution in [-0.2, 0) is 0 Å². The Kier molecular flexibility index (Phi) is 6.54. The predicted molar refractivity (Wildman–Crippen MR) is 77.3 cm³/mol. The normalized spacial score (nSPS) is 21.7. The molecule has 1 aliphatic carbocycles. The molecule has 0 aromatic carbocycles. The van der Waals surface area contributed by atoms with Crippen molar-refractivity contribution in [2.75, 3.05) is 13.1 Å². The van der Waals surface area contributed by atoms with Gasteiger partial charge in [-0.15, -0.1) is 0 Å². The van der Waals surface area contributed by atoms with Gasteiger partial charge >= 0.3 is 0 Å². The van der Waals surface area contributed by atoms with E-state index in [1.807, 2.05) is 0 Å². The Hall–Kier alpha value is -0.0400. The highest BCUT2D eigenvalue weighted by Gasteiger charge is 2.32. The van der Waals surface area contributed by atoms with E-state index >= 15 is 0 Å². The molecular weight excluding hydrogens is 206 g/mol. The highest BCUT2D eigenvalue weighted by Crippen LogP contribution is 2.41. The van der Waals surface area contributed by atoms with Crippen LogP contribution in [0.25, 0.3) is 0 Å². The Morgan fingerprint density at radius 3 is 2.24 bits per heavy atom. The van der Waals surface area contributed by atoms with E-state index in [0.29, 0.717) is 5.41 Å². The smallest absolute Gasteiger partial charge is 0.000802 e. The quantitative estimate of drug-likeness (QED) is 0.683. The monoisotopic (exact) mass is 239 g/mol. The molecule has 0 saturated heterocycles. The first-order valence-electron chi connectivity index (χ1n) is 7.79. The number of rotatable bonds is 7. The molecule has 17 heavy (non-hydrogen) atoms. The first kappa shape index (κ1) is 15.0. The number of nitrogens with one attached hydrogen (secondary N) is 1. The van der Waals surface area contributed by atoms with Gasteiger partial charge in [0.05, 0.1) is 0 Å². The maximum Gasteiger partial charge on any atom is 0.000802 e. The molecule has 1 atom stereocenters. The second kappa shape index (κ2) is 7.41.